The number of rotatable bonds is 5. The first-order valence-corrected chi connectivity index (χ1v) is 7.53. The number of nitrogens with one attached hydrogen (secondary N) is 1. The van der Waals surface area contributed by atoms with E-state index in [9.17, 15) is 0 Å². The van der Waals surface area contributed by atoms with Crippen LogP contribution in [0.15, 0.2) is 12.1 Å². The molecular formula is C13H21ClN2S. The number of halogens is 1. The molecule has 4 heteroatoms. The first kappa shape index (κ1) is 13.3. The lowest BCUT2D eigenvalue weighted by molar-refractivity contribution is 0.264. The lowest BCUT2D eigenvalue weighted by Crippen LogP contribution is -2.30. The second kappa shape index (κ2) is 6.19. The molecule has 1 aliphatic heterocycles. The Morgan fingerprint density at radius 2 is 2.35 bits per heavy atom. The summed E-state index contributed by atoms with van der Waals surface area (Å²) < 4.78 is 0.883. The third-order valence-electron chi connectivity index (χ3n) is 3.41. The molecule has 1 aromatic heterocycles. The third-order valence-corrected chi connectivity index (χ3v) is 4.64. The molecule has 96 valence electrons. The van der Waals surface area contributed by atoms with E-state index in [-0.39, 0.29) is 0 Å². The van der Waals surface area contributed by atoms with Crippen LogP contribution in [0.3, 0.4) is 0 Å². The predicted octanol–water partition coefficient (Wildman–Crippen LogP) is 3.22. The van der Waals surface area contributed by atoms with Gasteiger partial charge in [0.15, 0.2) is 0 Å². The number of nitrogens with zero attached hydrogens (tertiary/aromatic N) is 1. The molecule has 0 amide bonds. The first-order valence-electron chi connectivity index (χ1n) is 6.34. The van der Waals surface area contributed by atoms with Gasteiger partial charge in [0.1, 0.15) is 0 Å². The van der Waals surface area contributed by atoms with E-state index in [1.807, 2.05) is 6.07 Å². The number of likely N-dealkylation sites (tertiary alicyclic amines) is 1. The second-order valence-corrected chi connectivity index (χ2v) is 6.88. The quantitative estimate of drug-likeness (QED) is 0.885. The minimum atomic E-state index is 0.691. The molecule has 0 bridgehead atoms. The smallest absolute Gasteiger partial charge is 0.0931 e. The molecule has 0 saturated carbocycles. The summed E-state index contributed by atoms with van der Waals surface area (Å²) in [5, 5.41) is 3.54. The summed E-state index contributed by atoms with van der Waals surface area (Å²) >= 11 is 7.57. The van der Waals surface area contributed by atoms with Gasteiger partial charge in [-0.1, -0.05) is 11.6 Å². The van der Waals surface area contributed by atoms with Crippen molar-refractivity contribution in [2.45, 2.75) is 32.9 Å². The Morgan fingerprint density at radius 3 is 2.94 bits per heavy atom. The van der Waals surface area contributed by atoms with Crippen molar-refractivity contribution in [2.24, 2.45) is 5.92 Å². The zero-order chi connectivity index (χ0) is 12.3. The highest BCUT2D eigenvalue weighted by Gasteiger charge is 2.23. The van der Waals surface area contributed by atoms with Gasteiger partial charge < -0.3 is 10.2 Å². The highest BCUT2D eigenvalue weighted by atomic mass is 35.5. The summed E-state index contributed by atoms with van der Waals surface area (Å²) in [5.41, 5.74) is 0. The first-order chi connectivity index (χ1) is 8.15. The summed E-state index contributed by atoms with van der Waals surface area (Å²) in [4.78, 5) is 3.89. The van der Waals surface area contributed by atoms with Crippen molar-refractivity contribution in [1.82, 2.24) is 10.2 Å². The Hall–Kier alpha value is -0.0900. The van der Waals surface area contributed by atoms with Gasteiger partial charge in [-0.25, -0.2) is 0 Å². The molecule has 0 aromatic carbocycles. The Balaban J connectivity index is 1.66. The Labute approximate surface area is 113 Å². The fourth-order valence-electron chi connectivity index (χ4n) is 2.34. The molecule has 2 heterocycles. The van der Waals surface area contributed by atoms with Crippen LogP contribution in [0.1, 0.15) is 25.1 Å². The molecule has 1 atom stereocenters. The Morgan fingerprint density at radius 1 is 1.53 bits per heavy atom. The fraction of sp³-hybridized carbons (Fsp3) is 0.692. The van der Waals surface area contributed by atoms with Crippen molar-refractivity contribution in [2.75, 3.05) is 19.6 Å². The van der Waals surface area contributed by atoms with Gasteiger partial charge >= 0.3 is 0 Å². The molecule has 1 unspecified atom stereocenters. The molecule has 2 nitrogen and oxygen atoms in total. The monoisotopic (exact) mass is 272 g/mol. The molecule has 1 aliphatic rings. The second-order valence-electron chi connectivity index (χ2n) is 5.08. The van der Waals surface area contributed by atoms with Crippen molar-refractivity contribution >= 4 is 22.9 Å². The molecule has 0 spiro atoms. The topological polar surface area (TPSA) is 15.3 Å². The molecule has 0 aliphatic carbocycles. The van der Waals surface area contributed by atoms with E-state index in [1.54, 1.807) is 11.3 Å². The lowest BCUT2D eigenvalue weighted by atomic mass is 10.1. The van der Waals surface area contributed by atoms with Gasteiger partial charge in [-0.2, -0.15) is 0 Å². The van der Waals surface area contributed by atoms with Crippen molar-refractivity contribution in [3.8, 4) is 0 Å². The van der Waals surface area contributed by atoms with Crippen LogP contribution in [-0.4, -0.2) is 30.6 Å². The number of hydrogen-bond acceptors (Lipinski definition) is 3. The third kappa shape index (κ3) is 3.95. The fourth-order valence-corrected chi connectivity index (χ4v) is 3.40. The normalized spacial score (nSPS) is 21.5. The molecule has 1 fully saturated rings. The van der Waals surface area contributed by atoms with E-state index in [1.165, 1.54) is 24.4 Å². The van der Waals surface area contributed by atoms with Crippen molar-refractivity contribution in [3.63, 3.8) is 0 Å². The van der Waals surface area contributed by atoms with Crippen LogP contribution in [-0.2, 0) is 6.54 Å². The number of thiophene rings is 1. The zero-order valence-corrected chi connectivity index (χ0v) is 12.2. The highest BCUT2D eigenvalue weighted by Crippen LogP contribution is 2.21. The van der Waals surface area contributed by atoms with Crippen molar-refractivity contribution in [1.29, 1.82) is 0 Å². The summed E-state index contributed by atoms with van der Waals surface area (Å²) in [6.07, 6.45) is 1.33. The lowest BCUT2D eigenvalue weighted by Gasteiger charge is -2.20. The highest BCUT2D eigenvalue weighted by molar-refractivity contribution is 7.16. The van der Waals surface area contributed by atoms with Gasteiger partial charge in [0.05, 0.1) is 4.34 Å². The summed E-state index contributed by atoms with van der Waals surface area (Å²) in [5.74, 6) is 0.813. The van der Waals surface area contributed by atoms with Gasteiger partial charge in [-0.3, -0.25) is 0 Å². The molecular weight excluding hydrogens is 252 g/mol. The SMILES string of the molecule is CC(C)N1CCC(CNCc2ccc(Cl)s2)C1. The minimum Gasteiger partial charge on any atom is -0.312 e. The summed E-state index contributed by atoms with van der Waals surface area (Å²) in [7, 11) is 0. The Kier molecular flexibility index (Phi) is 4.86. The maximum Gasteiger partial charge on any atom is 0.0931 e. The van der Waals surface area contributed by atoms with E-state index in [0.29, 0.717) is 6.04 Å². The maximum atomic E-state index is 5.90. The van der Waals surface area contributed by atoms with E-state index in [4.69, 9.17) is 11.6 Å². The average Bonchev–Trinajstić information content (AvgIpc) is 2.88. The van der Waals surface area contributed by atoms with Crippen LogP contribution in [0.5, 0.6) is 0 Å². The van der Waals surface area contributed by atoms with E-state index < -0.39 is 0 Å². The molecule has 1 N–H and O–H groups in total. The van der Waals surface area contributed by atoms with E-state index in [2.05, 4.69) is 30.1 Å². The van der Waals surface area contributed by atoms with Gasteiger partial charge in [-0.05, 0) is 51.4 Å². The largest absolute Gasteiger partial charge is 0.312 e. The average molecular weight is 273 g/mol. The maximum absolute atomic E-state index is 5.90. The summed E-state index contributed by atoms with van der Waals surface area (Å²) in [6, 6.07) is 4.77. The standard InChI is InChI=1S/C13H21ClN2S/c1-10(2)16-6-5-11(9-16)7-15-8-12-3-4-13(14)17-12/h3-4,10-11,15H,5-9H2,1-2H3. The molecule has 17 heavy (non-hydrogen) atoms. The van der Waals surface area contributed by atoms with Crippen LogP contribution in [0.25, 0.3) is 0 Å². The molecule has 2 rings (SSSR count). The molecule has 0 radical (unpaired) electrons. The van der Waals surface area contributed by atoms with Gasteiger partial charge in [0.2, 0.25) is 0 Å². The van der Waals surface area contributed by atoms with E-state index >= 15 is 0 Å². The predicted molar refractivity (Wildman–Crippen MR) is 75.9 cm³/mol. The summed E-state index contributed by atoms with van der Waals surface area (Å²) in [6.45, 7) is 9.14. The van der Waals surface area contributed by atoms with Gasteiger partial charge in [0.25, 0.3) is 0 Å². The van der Waals surface area contributed by atoms with Crippen molar-refractivity contribution in [3.05, 3.63) is 21.3 Å². The van der Waals surface area contributed by atoms with Crippen LogP contribution in [0.4, 0.5) is 0 Å². The Bertz CT molecular complexity index is 351. The zero-order valence-electron chi connectivity index (χ0n) is 10.6. The van der Waals surface area contributed by atoms with Crippen LogP contribution in [0, 0.1) is 5.92 Å². The van der Waals surface area contributed by atoms with Crippen LogP contribution >= 0.6 is 22.9 Å². The number of hydrogen-bond donors (Lipinski definition) is 1. The van der Waals surface area contributed by atoms with Crippen LogP contribution in [0.2, 0.25) is 4.34 Å². The molecule has 1 saturated heterocycles. The minimum absolute atomic E-state index is 0.691. The van der Waals surface area contributed by atoms with Crippen molar-refractivity contribution < 1.29 is 0 Å². The molecule has 1 aromatic rings. The van der Waals surface area contributed by atoms with Gasteiger partial charge in [0, 0.05) is 24.0 Å². The van der Waals surface area contributed by atoms with E-state index in [0.717, 1.165) is 23.3 Å². The van der Waals surface area contributed by atoms with Crippen LogP contribution < -0.4 is 5.32 Å². The van der Waals surface area contributed by atoms with Gasteiger partial charge in [-0.15, -0.1) is 11.3 Å².